The highest BCUT2D eigenvalue weighted by Crippen LogP contribution is 2.39. The molecule has 0 saturated carbocycles. The Labute approximate surface area is 130 Å². The van der Waals surface area contributed by atoms with Gasteiger partial charge in [0.15, 0.2) is 14.1 Å². The van der Waals surface area contributed by atoms with Crippen molar-refractivity contribution in [3.63, 3.8) is 0 Å². The molecule has 1 aromatic rings. The Morgan fingerprint density at radius 1 is 1.33 bits per heavy atom. The van der Waals surface area contributed by atoms with Gasteiger partial charge in [0.05, 0.1) is 6.10 Å². The molecule has 3 heteroatoms. The van der Waals surface area contributed by atoms with E-state index in [0.29, 0.717) is 0 Å². The van der Waals surface area contributed by atoms with Gasteiger partial charge in [-0.2, -0.15) is 0 Å². The van der Waals surface area contributed by atoms with Crippen LogP contribution in [0.4, 0.5) is 0 Å². The molecule has 0 saturated heterocycles. The molecular formula is C18H28O2Si. The largest absolute Gasteiger partial charge is 0.410 e. The summed E-state index contributed by atoms with van der Waals surface area (Å²) in [4.78, 5) is 12.6. The summed E-state index contributed by atoms with van der Waals surface area (Å²) in [5, 5.41) is 0. The number of carbonyl (C=O) groups excluding carboxylic acids is 1. The second kappa shape index (κ2) is 5.69. The minimum atomic E-state index is -1.58. The Balaban J connectivity index is 2.33. The fourth-order valence-corrected chi connectivity index (χ4v) is 4.01. The Hall–Kier alpha value is -0.933. The van der Waals surface area contributed by atoms with E-state index in [4.69, 9.17) is 4.43 Å². The van der Waals surface area contributed by atoms with Gasteiger partial charge in [0, 0.05) is 11.0 Å². The average Bonchev–Trinajstić information content (AvgIpc) is 2.79. The number of hydrogen-bond acceptors (Lipinski definition) is 2. The lowest BCUT2D eigenvalue weighted by molar-refractivity contribution is 0.0857. The molecular weight excluding hydrogens is 276 g/mol. The van der Waals surface area contributed by atoms with E-state index in [1.165, 1.54) is 11.1 Å². The smallest absolute Gasteiger partial charge is 0.187 e. The van der Waals surface area contributed by atoms with Crippen LogP contribution in [0.5, 0.6) is 0 Å². The van der Waals surface area contributed by atoms with Crippen molar-refractivity contribution >= 4 is 14.1 Å². The molecule has 1 aliphatic carbocycles. The second-order valence-electron chi connectivity index (χ2n) is 7.71. The van der Waals surface area contributed by atoms with Crippen molar-refractivity contribution in [3.05, 3.63) is 34.9 Å². The molecule has 1 unspecified atom stereocenters. The van der Waals surface area contributed by atoms with Gasteiger partial charge in [-0.25, -0.2) is 0 Å². The van der Waals surface area contributed by atoms with Crippen LogP contribution < -0.4 is 0 Å². The third-order valence-electron chi connectivity index (χ3n) is 4.45. The Kier molecular flexibility index (Phi) is 4.46. The SMILES string of the molecule is CC[Si](C)(C)OC1CCc2c(C(=O)C(C)(C)C)cccc21. The number of benzene rings is 1. The summed E-state index contributed by atoms with van der Waals surface area (Å²) in [7, 11) is -1.58. The van der Waals surface area contributed by atoms with Gasteiger partial charge in [0.2, 0.25) is 0 Å². The first-order valence-electron chi connectivity index (χ1n) is 8.00. The van der Waals surface area contributed by atoms with Gasteiger partial charge in [-0.1, -0.05) is 45.9 Å². The molecule has 1 aliphatic rings. The van der Waals surface area contributed by atoms with Gasteiger partial charge in [-0.05, 0) is 43.1 Å². The van der Waals surface area contributed by atoms with Crippen LogP contribution in [0.25, 0.3) is 0 Å². The molecule has 0 spiro atoms. The maximum absolute atomic E-state index is 12.6. The number of rotatable bonds is 4. The predicted molar refractivity (Wildman–Crippen MR) is 90.3 cm³/mol. The first-order chi connectivity index (χ1) is 9.65. The highest BCUT2D eigenvalue weighted by atomic mass is 28.4. The van der Waals surface area contributed by atoms with Crippen LogP contribution in [0, 0.1) is 5.41 Å². The third kappa shape index (κ3) is 3.46. The summed E-state index contributed by atoms with van der Waals surface area (Å²) in [5.74, 6) is 0.243. The van der Waals surface area contributed by atoms with Crippen molar-refractivity contribution in [2.45, 2.75) is 65.8 Å². The van der Waals surface area contributed by atoms with Crippen molar-refractivity contribution in [2.75, 3.05) is 0 Å². The van der Waals surface area contributed by atoms with Crippen LogP contribution in [-0.4, -0.2) is 14.1 Å². The van der Waals surface area contributed by atoms with Crippen molar-refractivity contribution in [1.29, 1.82) is 0 Å². The molecule has 1 atom stereocenters. The van der Waals surface area contributed by atoms with E-state index in [9.17, 15) is 4.79 Å². The summed E-state index contributed by atoms with van der Waals surface area (Å²) >= 11 is 0. The molecule has 2 rings (SSSR count). The normalized spacial score (nSPS) is 18.7. The number of Topliss-reactive ketones (excluding diaryl/α,β-unsaturated/α-hetero) is 1. The van der Waals surface area contributed by atoms with E-state index in [0.717, 1.165) is 24.4 Å². The van der Waals surface area contributed by atoms with Gasteiger partial charge in [0.1, 0.15) is 0 Å². The van der Waals surface area contributed by atoms with E-state index in [1.807, 2.05) is 32.9 Å². The predicted octanol–water partition coefficient (Wildman–Crippen LogP) is 5.14. The van der Waals surface area contributed by atoms with Crippen molar-refractivity contribution in [2.24, 2.45) is 5.41 Å². The van der Waals surface area contributed by atoms with Crippen molar-refractivity contribution in [1.82, 2.24) is 0 Å². The number of fused-ring (bicyclic) bond motifs is 1. The topological polar surface area (TPSA) is 26.3 Å². The molecule has 2 nitrogen and oxygen atoms in total. The standard InChI is InChI=1S/C18H28O2Si/c1-7-21(5,6)20-16-12-11-13-14(16)9-8-10-15(13)17(19)18(2,3)4/h8-10,16H,7,11-12H2,1-6H3. The minimum Gasteiger partial charge on any atom is -0.410 e. The molecule has 0 N–H and O–H groups in total. The summed E-state index contributed by atoms with van der Waals surface area (Å²) in [6.45, 7) is 12.7. The molecule has 0 bridgehead atoms. The van der Waals surface area contributed by atoms with Gasteiger partial charge >= 0.3 is 0 Å². The summed E-state index contributed by atoms with van der Waals surface area (Å²) in [6, 6.07) is 7.27. The average molecular weight is 305 g/mol. The van der Waals surface area contributed by atoms with Crippen molar-refractivity contribution in [3.8, 4) is 0 Å². The number of carbonyl (C=O) groups is 1. The number of hydrogen-bond donors (Lipinski definition) is 0. The first-order valence-corrected chi connectivity index (χ1v) is 11.1. The summed E-state index contributed by atoms with van der Waals surface area (Å²) in [6.07, 6.45) is 2.17. The zero-order valence-electron chi connectivity index (χ0n) is 14.2. The van der Waals surface area contributed by atoms with E-state index in [-0.39, 0.29) is 17.3 Å². The van der Waals surface area contributed by atoms with Crippen LogP contribution >= 0.6 is 0 Å². The molecule has 0 aromatic heterocycles. The first kappa shape index (κ1) is 16.4. The third-order valence-corrected chi connectivity index (χ3v) is 7.08. The van der Waals surface area contributed by atoms with Gasteiger partial charge < -0.3 is 4.43 Å². The monoisotopic (exact) mass is 304 g/mol. The molecule has 21 heavy (non-hydrogen) atoms. The van der Waals surface area contributed by atoms with Gasteiger partial charge in [0.25, 0.3) is 0 Å². The van der Waals surface area contributed by atoms with E-state index in [1.54, 1.807) is 0 Å². The maximum Gasteiger partial charge on any atom is 0.187 e. The summed E-state index contributed by atoms with van der Waals surface area (Å²) < 4.78 is 6.42. The fraction of sp³-hybridized carbons (Fsp3) is 0.611. The van der Waals surface area contributed by atoms with E-state index in [2.05, 4.69) is 26.1 Å². The maximum atomic E-state index is 12.6. The van der Waals surface area contributed by atoms with E-state index < -0.39 is 8.32 Å². The van der Waals surface area contributed by atoms with Crippen LogP contribution in [-0.2, 0) is 10.8 Å². The molecule has 116 valence electrons. The van der Waals surface area contributed by atoms with Crippen LogP contribution in [0.15, 0.2) is 18.2 Å². The Morgan fingerprint density at radius 2 is 2.00 bits per heavy atom. The number of ketones is 1. The Bertz CT molecular complexity index is 541. The lowest BCUT2D eigenvalue weighted by Gasteiger charge is -2.26. The van der Waals surface area contributed by atoms with Crippen LogP contribution in [0.2, 0.25) is 19.1 Å². The van der Waals surface area contributed by atoms with Gasteiger partial charge in [-0.3, -0.25) is 4.79 Å². The highest BCUT2D eigenvalue weighted by molar-refractivity contribution is 6.71. The minimum absolute atomic E-state index is 0.189. The highest BCUT2D eigenvalue weighted by Gasteiger charge is 2.34. The summed E-state index contributed by atoms with van der Waals surface area (Å²) in [5.41, 5.74) is 3.05. The second-order valence-corrected chi connectivity index (χ2v) is 12.2. The Morgan fingerprint density at radius 3 is 2.57 bits per heavy atom. The fourth-order valence-electron chi connectivity index (χ4n) is 2.82. The zero-order valence-corrected chi connectivity index (χ0v) is 15.2. The van der Waals surface area contributed by atoms with Gasteiger partial charge in [-0.15, -0.1) is 0 Å². The lowest BCUT2D eigenvalue weighted by atomic mass is 9.84. The zero-order chi connectivity index (χ0) is 15.8. The van der Waals surface area contributed by atoms with E-state index >= 15 is 0 Å². The molecule has 0 fully saturated rings. The molecule has 0 radical (unpaired) electrons. The molecule has 0 aliphatic heterocycles. The molecule has 0 amide bonds. The lowest BCUT2D eigenvalue weighted by Crippen LogP contribution is -2.30. The molecule has 0 heterocycles. The van der Waals surface area contributed by atoms with Crippen LogP contribution in [0.3, 0.4) is 0 Å². The van der Waals surface area contributed by atoms with Crippen molar-refractivity contribution < 1.29 is 9.22 Å². The van der Waals surface area contributed by atoms with Crippen LogP contribution in [0.1, 0.15) is 61.7 Å². The molecule has 1 aromatic carbocycles. The quantitative estimate of drug-likeness (QED) is 0.568.